The van der Waals surface area contributed by atoms with E-state index < -0.39 is 17.4 Å². The Balaban J connectivity index is 1.69. The van der Waals surface area contributed by atoms with Crippen LogP contribution in [0.5, 0.6) is 17.2 Å². The number of aliphatic carboxylic acids is 1. The van der Waals surface area contributed by atoms with Crippen molar-refractivity contribution in [1.29, 1.82) is 0 Å². The van der Waals surface area contributed by atoms with Crippen LogP contribution in [0.4, 0.5) is 0 Å². The molecule has 0 saturated carbocycles. The highest BCUT2D eigenvalue weighted by Crippen LogP contribution is 2.38. The molecule has 3 aromatic carbocycles. The number of halogens is 1. The van der Waals surface area contributed by atoms with Crippen LogP contribution in [-0.4, -0.2) is 29.3 Å². The van der Waals surface area contributed by atoms with Crippen LogP contribution in [-0.2, 0) is 11.4 Å². The first-order valence-electron chi connectivity index (χ1n) is 9.55. The highest BCUT2D eigenvalue weighted by Gasteiger charge is 2.30. The van der Waals surface area contributed by atoms with E-state index in [0.29, 0.717) is 27.8 Å². The van der Waals surface area contributed by atoms with Crippen LogP contribution < -0.4 is 19.5 Å². The fourth-order valence-corrected chi connectivity index (χ4v) is 3.41. The number of hydrogen-bond donors (Lipinski definition) is 2. The van der Waals surface area contributed by atoms with E-state index in [1.54, 1.807) is 24.3 Å². The van der Waals surface area contributed by atoms with E-state index in [-0.39, 0.29) is 19.0 Å². The van der Waals surface area contributed by atoms with Gasteiger partial charge in [0.15, 0.2) is 11.5 Å². The molecule has 160 valence electrons. The van der Waals surface area contributed by atoms with Gasteiger partial charge in [-0.1, -0.05) is 41.9 Å². The lowest BCUT2D eigenvalue weighted by molar-refractivity contribution is -0.143. The maximum absolute atomic E-state index is 12.9. The number of carbonyl (C=O) groups is 2. The molecule has 0 aliphatic carbocycles. The first-order chi connectivity index (χ1) is 14.8. The fourth-order valence-electron chi connectivity index (χ4n) is 3.20. The second kappa shape index (κ2) is 8.00. The summed E-state index contributed by atoms with van der Waals surface area (Å²) in [5, 5.41) is 13.9. The number of amides is 1. The maximum atomic E-state index is 12.9. The zero-order valence-corrected chi connectivity index (χ0v) is 17.7. The Morgan fingerprint density at radius 3 is 2.58 bits per heavy atom. The van der Waals surface area contributed by atoms with Crippen molar-refractivity contribution in [3.63, 3.8) is 0 Å². The molecule has 0 fully saturated rings. The van der Waals surface area contributed by atoms with Crippen molar-refractivity contribution in [2.75, 3.05) is 6.79 Å². The predicted molar refractivity (Wildman–Crippen MR) is 115 cm³/mol. The molecule has 0 bridgehead atoms. The van der Waals surface area contributed by atoms with Gasteiger partial charge in [0.05, 0.1) is 10.6 Å². The highest BCUT2D eigenvalue weighted by molar-refractivity contribution is 6.31. The summed E-state index contributed by atoms with van der Waals surface area (Å²) >= 11 is 6.36. The third-order valence-electron chi connectivity index (χ3n) is 5.00. The normalized spacial score (nSPS) is 12.6. The molecule has 1 amide bonds. The highest BCUT2D eigenvalue weighted by atomic mass is 35.5. The number of fused-ring (bicyclic) bond motifs is 2. The molecule has 1 aliphatic heterocycles. The molecule has 8 heteroatoms. The first-order valence-corrected chi connectivity index (χ1v) is 9.92. The molecule has 2 N–H and O–H groups in total. The molecule has 1 heterocycles. The molecule has 31 heavy (non-hydrogen) atoms. The van der Waals surface area contributed by atoms with Crippen molar-refractivity contribution < 1.29 is 28.9 Å². The van der Waals surface area contributed by atoms with Crippen LogP contribution in [0.2, 0.25) is 5.02 Å². The van der Waals surface area contributed by atoms with E-state index in [1.807, 2.05) is 24.3 Å². The monoisotopic (exact) mass is 441 g/mol. The van der Waals surface area contributed by atoms with Crippen LogP contribution in [0.25, 0.3) is 10.8 Å². The minimum absolute atomic E-state index is 0.0755. The molecule has 0 spiro atoms. The van der Waals surface area contributed by atoms with E-state index in [4.69, 9.17) is 25.8 Å². The molecule has 0 unspecified atom stereocenters. The Morgan fingerprint density at radius 1 is 1.13 bits per heavy atom. The van der Waals surface area contributed by atoms with Crippen molar-refractivity contribution in [3.8, 4) is 17.2 Å². The van der Waals surface area contributed by atoms with Gasteiger partial charge in [-0.25, -0.2) is 4.79 Å². The van der Waals surface area contributed by atoms with E-state index in [9.17, 15) is 14.7 Å². The maximum Gasteiger partial charge on any atom is 0.328 e. The second-order valence-electron chi connectivity index (χ2n) is 7.63. The van der Waals surface area contributed by atoms with Crippen molar-refractivity contribution in [2.24, 2.45) is 0 Å². The molecule has 7 nitrogen and oxygen atoms in total. The summed E-state index contributed by atoms with van der Waals surface area (Å²) < 4.78 is 16.8. The Labute approximate surface area is 183 Å². The third kappa shape index (κ3) is 4.09. The van der Waals surface area contributed by atoms with Crippen molar-refractivity contribution in [1.82, 2.24) is 5.32 Å². The topological polar surface area (TPSA) is 94.1 Å². The summed E-state index contributed by atoms with van der Waals surface area (Å²) in [5.74, 6) is -0.219. The summed E-state index contributed by atoms with van der Waals surface area (Å²) in [6.45, 7) is 3.04. The Bertz CT molecular complexity index is 1190. The summed E-state index contributed by atoms with van der Waals surface area (Å²) in [4.78, 5) is 24.4. The lowest BCUT2D eigenvalue weighted by Crippen LogP contribution is -2.49. The average Bonchev–Trinajstić information content (AvgIpc) is 3.18. The minimum atomic E-state index is -1.44. The SMILES string of the molecule is CC(C)(NC(=O)c1ccc2ccccc2c1OCc1cc2c(cc1Cl)OCO2)C(=O)O. The van der Waals surface area contributed by atoms with Gasteiger partial charge in [0.25, 0.3) is 5.91 Å². The smallest absolute Gasteiger partial charge is 0.328 e. The summed E-state index contributed by atoms with van der Waals surface area (Å²) in [6, 6.07) is 14.3. The number of benzene rings is 3. The summed E-state index contributed by atoms with van der Waals surface area (Å²) in [5.41, 5.74) is -0.554. The van der Waals surface area contributed by atoms with E-state index in [2.05, 4.69) is 5.32 Å². The van der Waals surface area contributed by atoms with Gasteiger partial charge in [-0.15, -0.1) is 0 Å². The summed E-state index contributed by atoms with van der Waals surface area (Å²) in [7, 11) is 0. The van der Waals surface area contributed by atoms with Crippen LogP contribution in [0, 0.1) is 0 Å². The first kappa shape index (κ1) is 20.8. The number of rotatable bonds is 6. The number of hydrogen-bond acceptors (Lipinski definition) is 5. The molecular formula is C23H20ClNO6. The largest absolute Gasteiger partial charge is 0.487 e. The van der Waals surface area contributed by atoms with Crippen molar-refractivity contribution in [2.45, 2.75) is 26.0 Å². The lowest BCUT2D eigenvalue weighted by Gasteiger charge is -2.22. The van der Waals surface area contributed by atoms with Gasteiger partial charge in [0, 0.05) is 17.0 Å². The van der Waals surface area contributed by atoms with Crippen molar-refractivity contribution >= 4 is 34.2 Å². The number of carbonyl (C=O) groups excluding carboxylic acids is 1. The zero-order chi connectivity index (χ0) is 22.2. The standard InChI is InChI=1S/C23H20ClNO6/c1-23(2,22(27)28)25-21(26)16-8-7-13-5-3-4-6-15(13)20(16)29-11-14-9-18-19(10-17(14)24)31-12-30-18/h3-10H,11-12H2,1-2H3,(H,25,26)(H,27,28). The number of carboxylic acid groups (broad SMARTS) is 1. The molecule has 0 atom stereocenters. The van der Waals surface area contributed by atoms with Gasteiger partial charge in [-0.3, -0.25) is 4.79 Å². The van der Waals surface area contributed by atoms with Crippen LogP contribution >= 0.6 is 11.6 Å². The minimum Gasteiger partial charge on any atom is -0.487 e. The van der Waals surface area contributed by atoms with E-state index in [1.165, 1.54) is 13.8 Å². The van der Waals surface area contributed by atoms with Gasteiger partial charge < -0.3 is 24.6 Å². The van der Waals surface area contributed by atoms with Gasteiger partial charge in [-0.2, -0.15) is 0 Å². The summed E-state index contributed by atoms with van der Waals surface area (Å²) in [6.07, 6.45) is 0. The zero-order valence-electron chi connectivity index (χ0n) is 16.9. The van der Waals surface area contributed by atoms with E-state index in [0.717, 1.165) is 10.8 Å². The molecular weight excluding hydrogens is 422 g/mol. The molecule has 0 aromatic heterocycles. The molecule has 0 saturated heterocycles. The lowest BCUT2D eigenvalue weighted by atomic mass is 10.0. The Kier molecular flexibility index (Phi) is 5.37. The second-order valence-corrected chi connectivity index (χ2v) is 8.04. The van der Waals surface area contributed by atoms with Crippen molar-refractivity contribution in [3.05, 3.63) is 64.7 Å². The Hall–Kier alpha value is -3.45. The van der Waals surface area contributed by atoms with Gasteiger partial charge in [-0.05, 0) is 31.4 Å². The Morgan fingerprint density at radius 2 is 1.84 bits per heavy atom. The van der Waals surface area contributed by atoms with Gasteiger partial charge in [0.1, 0.15) is 17.9 Å². The quantitative estimate of drug-likeness (QED) is 0.589. The fraction of sp³-hybridized carbons (Fsp3) is 0.217. The van der Waals surface area contributed by atoms with Crippen LogP contribution in [0.3, 0.4) is 0 Å². The van der Waals surface area contributed by atoms with Gasteiger partial charge >= 0.3 is 5.97 Å². The molecule has 0 radical (unpaired) electrons. The molecule has 4 rings (SSSR count). The van der Waals surface area contributed by atoms with Crippen LogP contribution in [0.15, 0.2) is 48.5 Å². The third-order valence-corrected chi connectivity index (χ3v) is 5.35. The van der Waals surface area contributed by atoms with Gasteiger partial charge in [0.2, 0.25) is 6.79 Å². The molecule has 3 aromatic rings. The van der Waals surface area contributed by atoms with E-state index >= 15 is 0 Å². The number of ether oxygens (including phenoxy) is 3. The number of carboxylic acids is 1. The van der Waals surface area contributed by atoms with Crippen LogP contribution in [0.1, 0.15) is 29.8 Å². The number of nitrogens with one attached hydrogen (secondary N) is 1. The average molecular weight is 442 g/mol. The molecule has 1 aliphatic rings. The predicted octanol–water partition coefficient (Wildman–Crippen LogP) is 4.39.